The van der Waals surface area contributed by atoms with Gasteiger partial charge in [-0.25, -0.2) is 15.0 Å². The number of rotatable bonds is 4. The number of imidazole rings is 1. The maximum atomic E-state index is 10.3. The Morgan fingerprint density at radius 2 is 1.74 bits per heavy atom. The minimum atomic E-state index is -1.19. The number of nitrogens with one attached hydrogen (secondary N) is 1. The summed E-state index contributed by atoms with van der Waals surface area (Å²) in [5.41, 5.74) is 1.04. The predicted molar refractivity (Wildman–Crippen MR) is 97.9 cm³/mol. The van der Waals surface area contributed by atoms with Gasteiger partial charge < -0.3 is 25.4 Å². The van der Waals surface area contributed by atoms with E-state index in [1.807, 2.05) is 0 Å². The molecular formula is C18H27N5O4. The van der Waals surface area contributed by atoms with Gasteiger partial charge in [0, 0.05) is 5.54 Å². The fourth-order valence-electron chi connectivity index (χ4n) is 4.38. The highest BCUT2D eigenvalue weighted by Crippen LogP contribution is 2.72. The van der Waals surface area contributed by atoms with E-state index in [-0.39, 0.29) is 23.0 Å². The van der Waals surface area contributed by atoms with Crippen LogP contribution < -0.4 is 5.32 Å². The van der Waals surface area contributed by atoms with E-state index >= 15 is 0 Å². The second kappa shape index (κ2) is 5.60. The maximum absolute atomic E-state index is 10.3. The molecule has 2 aromatic heterocycles. The van der Waals surface area contributed by atoms with Gasteiger partial charge in [0.25, 0.3) is 0 Å². The molecule has 1 aliphatic carbocycles. The Hall–Kier alpha value is -1.81. The second-order valence-electron chi connectivity index (χ2n) is 8.78. The van der Waals surface area contributed by atoms with Crippen molar-refractivity contribution in [3.63, 3.8) is 0 Å². The monoisotopic (exact) mass is 377 g/mol. The van der Waals surface area contributed by atoms with Crippen LogP contribution in [-0.4, -0.2) is 65.3 Å². The van der Waals surface area contributed by atoms with Gasteiger partial charge in [-0.15, -0.1) is 0 Å². The van der Waals surface area contributed by atoms with Crippen molar-refractivity contribution in [2.24, 2.45) is 10.8 Å². The van der Waals surface area contributed by atoms with Crippen LogP contribution >= 0.6 is 0 Å². The topological polar surface area (TPSA) is 126 Å². The number of hydrogen-bond donors (Lipinski definition) is 4. The molecule has 1 saturated carbocycles. The van der Waals surface area contributed by atoms with Gasteiger partial charge in [-0.1, -0.05) is 27.7 Å². The van der Waals surface area contributed by atoms with Crippen molar-refractivity contribution in [1.82, 2.24) is 19.5 Å². The van der Waals surface area contributed by atoms with Crippen molar-refractivity contribution in [2.45, 2.75) is 64.7 Å². The lowest BCUT2D eigenvalue weighted by Crippen LogP contribution is -2.33. The largest absolute Gasteiger partial charge is 0.394 e. The Labute approximate surface area is 157 Å². The van der Waals surface area contributed by atoms with Crippen LogP contribution in [0.1, 0.15) is 40.8 Å². The summed E-state index contributed by atoms with van der Waals surface area (Å²) in [6.45, 7) is 10.7. The summed E-state index contributed by atoms with van der Waals surface area (Å²) in [5, 5.41) is 33.2. The first-order chi connectivity index (χ1) is 12.6. The van der Waals surface area contributed by atoms with Crippen molar-refractivity contribution < 1.29 is 20.1 Å². The highest BCUT2D eigenvalue weighted by Gasteiger charge is 2.74. The zero-order valence-electron chi connectivity index (χ0n) is 16.2. The molecule has 0 amide bonds. The quantitative estimate of drug-likeness (QED) is 0.613. The molecule has 3 heterocycles. The minimum Gasteiger partial charge on any atom is -0.394 e. The van der Waals surface area contributed by atoms with E-state index in [4.69, 9.17) is 4.74 Å². The van der Waals surface area contributed by atoms with Gasteiger partial charge in [0.2, 0.25) is 0 Å². The molecule has 148 valence electrons. The lowest BCUT2D eigenvalue weighted by Gasteiger charge is -2.19. The first-order valence-electron chi connectivity index (χ1n) is 9.15. The number of ether oxygens (including phenoxy) is 1. The average Bonchev–Trinajstić information content (AvgIpc) is 3.04. The number of aromatic nitrogens is 4. The maximum Gasteiger partial charge on any atom is 0.167 e. The highest BCUT2D eigenvalue weighted by molar-refractivity contribution is 5.83. The van der Waals surface area contributed by atoms with Gasteiger partial charge >= 0.3 is 0 Å². The number of nitrogens with zero attached hydrogens (tertiary/aromatic N) is 4. The summed E-state index contributed by atoms with van der Waals surface area (Å²) >= 11 is 0. The van der Waals surface area contributed by atoms with Crippen molar-refractivity contribution >= 4 is 17.0 Å². The molecule has 2 aromatic rings. The third-order valence-corrected chi connectivity index (χ3v) is 7.52. The SMILES string of the molecule is CC1(C)C(C)(C)C1(C)Nc1ncnc2c1ncn2[C@@H]1O[C@H](CO)[C@@H](O)[C@H]1O. The van der Waals surface area contributed by atoms with Crippen LogP contribution in [0.5, 0.6) is 0 Å². The van der Waals surface area contributed by atoms with Crippen molar-refractivity contribution in [2.75, 3.05) is 11.9 Å². The number of fused-ring (bicyclic) bond motifs is 1. The van der Waals surface area contributed by atoms with Gasteiger partial charge in [0.1, 0.15) is 24.6 Å². The number of aliphatic hydroxyl groups is 3. The van der Waals surface area contributed by atoms with Crippen molar-refractivity contribution in [3.8, 4) is 0 Å². The molecule has 1 saturated heterocycles. The van der Waals surface area contributed by atoms with Crippen LogP contribution in [0.2, 0.25) is 0 Å². The standard InChI is InChI=1S/C18H27N5O4/c1-16(2)17(3,4)18(16,5)22-13-10-14(20-7-19-13)23(8-21-10)15-12(26)11(25)9(6-24)27-15/h7-9,11-12,15,24-26H,6H2,1-5H3,(H,19,20,22)/t9-,11-,12-,15-/m1/s1. The Bertz CT molecular complexity index is 866. The Balaban J connectivity index is 1.70. The molecule has 1 aliphatic heterocycles. The van der Waals surface area contributed by atoms with E-state index in [0.717, 1.165) is 0 Å². The van der Waals surface area contributed by atoms with E-state index in [2.05, 4.69) is 54.9 Å². The van der Waals surface area contributed by atoms with Gasteiger partial charge in [0.05, 0.1) is 12.9 Å². The lowest BCUT2D eigenvalue weighted by atomic mass is 10.0. The molecule has 4 rings (SSSR count). The Morgan fingerprint density at radius 1 is 1.07 bits per heavy atom. The van der Waals surface area contributed by atoms with Crippen LogP contribution in [0.15, 0.2) is 12.7 Å². The minimum absolute atomic E-state index is 0.0725. The molecule has 0 unspecified atom stereocenters. The molecule has 0 aromatic carbocycles. The summed E-state index contributed by atoms with van der Waals surface area (Å²) in [6.07, 6.45) is -1.15. The molecule has 9 nitrogen and oxygen atoms in total. The van der Waals surface area contributed by atoms with Gasteiger partial charge in [-0.3, -0.25) is 4.57 Å². The highest BCUT2D eigenvalue weighted by atomic mass is 16.6. The molecule has 4 N–H and O–H groups in total. The number of anilines is 1. The fraction of sp³-hybridized carbons (Fsp3) is 0.722. The number of hydrogen-bond acceptors (Lipinski definition) is 8. The van der Waals surface area contributed by atoms with Crippen molar-refractivity contribution in [1.29, 1.82) is 0 Å². The van der Waals surface area contributed by atoms with E-state index in [0.29, 0.717) is 17.0 Å². The smallest absolute Gasteiger partial charge is 0.167 e. The third kappa shape index (κ3) is 2.22. The molecule has 4 atom stereocenters. The average molecular weight is 377 g/mol. The molecule has 0 bridgehead atoms. The molecular weight excluding hydrogens is 350 g/mol. The summed E-state index contributed by atoms with van der Waals surface area (Å²) in [4.78, 5) is 13.1. The van der Waals surface area contributed by atoms with E-state index in [9.17, 15) is 15.3 Å². The molecule has 2 aliphatic rings. The van der Waals surface area contributed by atoms with Crippen LogP contribution in [-0.2, 0) is 4.74 Å². The van der Waals surface area contributed by atoms with Crippen LogP contribution in [0.3, 0.4) is 0 Å². The Morgan fingerprint density at radius 3 is 2.30 bits per heavy atom. The molecule has 27 heavy (non-hydrogen) atoms. The normalized spacial score (nSPS) is 33.3. The van der Waals surface area contributed by atoms with Crippen molar-refractivity contribution in [3.05, 3.63) is 12.7 Å². The zero-order chi connectivity index (χ0) is 19.8. The van der Waals surface area contributed by atoms with E-state index in [1.165, 1.54) is 12.7 Å². The molecule has 2 fully saturated rings. The predicted octanol–water partition coefficient (Wildman–Crippen LogP) is 0.674. The van der Waals surface area contributed by atoms with Crippen LogP contribution in [0, 0.1) is 10.8 Å². The Kier molecular flexibility index (Phi) is 3.85. The van der Waals surface area contributed by atoms with E-state index < -0.39 is 24.5 Å². The molecule has 9 heteroatoms. The molecule has 0 radical (unpaired) electrons. The second-order valence-corrected chi connectivity index (χ2v) is 8.78. The van der Waals surface area contributed by atoms with Gasteiger partial charge in [-0.05, 0) is 17.8 Å². The number of aliphatic hydroxyl groups excluding tert-OH is 3. The van der Waals surface area contributed by atoms with Crippen LogP contribution in [0.4, 0.5) is 5.82 Å². The summed E-state index contributed by atoms with van der Waals surface area (Å²) in [5.74, 6) is 0.617. The summed E-state index contributed by atoms with van der Waals surface area (Å²) in [6, 6.07) is 0. The van der Waals surface area contributed by atoms with Gasteiger partial charge in [0.15, 0.2) is 23.2 Å². The van der Waals surface area contributed by atoms with E-state index in [1.54, 1.807) is 4.57 Å². The fourth-order valence-corrected chi connectivity index (χ4v) is 4.38. The lowest BCUT2D eigenvalue weighted by molar-refractivity contribution is -0.0511. The van der Waals surface area contributed by atoms with Crippen LogP contribution in [0.25, 0.3) is 11.2 Å². The zero-order valence-corrected chi connectivity index (χ0v) is 16.2. The first kappa shape index (κ1) is 18.5. The molecule has 0 spiro atoms. The summed E-state index contributed by atoms with van der Waals surface area (Å²) < 4.78 is 7.17. The first-order valence-corrected chi connectivity index (χ1v) is 9.15. The third-order valence-electron chi connectivity index (χ3n) is 7.52. The van der Waals surface area contributed by atoms with Gasteiger partial charge in [-0.2, -0.15) is 0 Å². The summed E-state index contributed by atoms with van der Waals surface area (Å²) in [7, 11) is 0.